The molecule has 1 aliphatic rings. The maximum Gasteiger partial charge on any atom is 0.115 e. The molecular formula is C13H12ClNOS. The fraction of sp³-hybridized carbons (Fsp3) is 0.231. The minimum absolute atomic E-state index is 0.287. The van der Waals surface area contributed by atoms with Crippen molar-refractivity contribution in [3.8, 4) is 5.75 Å². The molecule has 2 N–H and O–H groups in total. The summed E-state index contributed by atoms with van der Waals surface area (Å²) in [4.78, 5) is 1.30. The van der Waals surface area contributed by atoms with Crippen LogP contribution in [0, 0.1) is 0 Å². The van der Waals surface area contributed by atoms with Gasteiger partial charge < -0.3 is 10.4 Å². The van der Waals surface area contributed by atoms with Gasteiger partial charge in [-0.1, -0.05) is 23.7 Å². The predicted molar refractivity (Wildman–Crippen MR) is 71.0 cm³/mol. The monoisotopic (exact) mass is 265 g/mol. The molecule has 17 heavy (non-hydrogen) atoms. The van der Waals surface area contributed by atoms with Gasteiger partial charge in [0.15, 0.2) is 0 Å². The normalized spacial score (nSPS) is 19.0. The Morgan fingerprint density at radius 1 is 1.35 bits per heavy atom. The summed E-state index contributed by atoms with van der Waals surface area (Å²) in [6.07, 6.45) is 0. The van der Waals surface area contributed by atoms with E-state index in [4.69, 9.17) is 11.6 Å². The van der Waals surface area contributed by atoms with Crippen molar-refractivity contribution in [1.29, 1.82) is 0 Å². The predicted octanol–water partition coefficient (Wildman–Crippen LogP) is 3.34. The second-order valence-corrected chi connectivity index (χ2v) is 5.98. The van der Waals surface area contributed by atoms with Crippen LogP contribution >= 0.6 is 22.9 Å². The minimum Gasteiger partial charge on any atom is -0.508 e. The lowest BCUT2D eigenvalue weighted by atomic mass is 9.89. The second-order valence-electron chi connectivity index (χ2n) is 4.21. The first kappa shape index (κ1) is 11.1. The van der Waals surface area contributed by atoms with E-state index >= 15 is 0 Å². The van der Waals surface area contributed by atoms with Crippen LogP contribution in [0.4, 0.5) is 0 Å². The molecule has 2 aromatic rings. The maximum atomic E-state index is 9.55. The molecule has 0 aliphatic carbocycles. The van der Waals surface area contributed by atoms with Crippen molar-refractivity contribution in [2.45, 2.75) is 12.5 Å². The molecule has 0 fully saturated rings. The number of halogens is 1. The summed E-state index contributed by atoms with van der Waals surface area (Å²) in [5.41, 5.74) is 2.43. The molecule has 0 amide bonds. The van der Waals surface area contributed by atoms with Gasteiger partial charge in [0.1, 0.15) is 5.75 Å². The average molecular weight is 266 g/mol. The van der Waals surface area contributed by atoms with Crippen LogP contribution in [0.3, 0.4) is 0 Å². The fourth-order valence-electron chi connectivity index (χ4n) is 2.32. The molecule has 0 radical (unpaired) electrons. The van der Waals surface area contributed by atoms with Crippen LogP contribution in [-0.4, -0.2) is 11.7 Å². The van der Waals surface area contributed by atoms with Crippen molar-refractivity contribution < 1.29 is 5.11 Å². The molecule has 1 atom stereocenters. The number of hydrogen-bond acceptors (Lipinski definition) is 3. The number of nitrogens with one attached hydrogen (secondary N) is 1. The minimum atomic E-state index is 0.287. The second kappa shape index (κ2) is 4.33. The van der Waals surface area contributed by atoms with Crippen LogP contribution in [0.15, 0.2) is 30.3 Å². The molecule has 2 heterocycles. The van der Waals surface area contributed by atoms with Gasteiger partial charge in [-0.3, -0.25) is 0 Å². The number of phenols is 1. The van der Waals surface area contributed by atoms with Gasteiger partial charge in [-0.25, -0.2) is 0 Å². The van der Waals surface area contributed by atoms with Gasteiger partial charge in [0.05, 0.1) is 4.34 Å². The zero-order chi connectivity index (χ0) is 11.8. The smallest absolute Gasteiger partial charge is 0.115 e. The van der Waals surface area contributed by atoms with Gasteiger partial charge >= 0.3 is 0 Å². The number of thiophene rings is 1. The summed E-state index contributed by atoms with van der Waals surface area (Å²) in [5.74, 6) is 0.602. The van der Waals surface area contributed by atoms with Crippen molar-refractivity contribution >= 4 is 22.9 Å². The summed E-state index contributed by atoms with van der Waals surface area (Å²) in [6.45, 7) is 1.78. The Kier molecular flexibility index (Phi) is 2.82. The lowest BCUT2D eigenvalue weighted by molar-refractivity contribution is 0.473. The van der Waals surface area contributed by atoms with E-state index in [2.05, 4.69) is 11.4 Å². The summed E-state index contributed by atoms with van der Waals surface area (Å²) in [5, 5.41) is 12.9. The van der Waals surface area contributed by atoms with E-state index in [1.165, 1.54) is 10.4 Å². The molecule has 2 nitrogen and oxygen atoms in total. The Balaban J connectivity index is 2.05. The Labute approximate surface area is 109 Å². The van der Waals surface area contributed by atoms with Gasteiger partial charge in [0.2, 0.25) is 0 Å². The standard InChI is InChI=1S/C13H12ClNOS/c14-13-5-10-11(6-15-7-12(10)17-13)8-2-1-3-9(16)4-8/h1-5,11,15-16H,6-7H2/t11-/m0/s1. The third-order valence-corrected chi connectivity index (χ3v) is 4.37. The van der Waals surface area contributed by atoms with Gasteiger partial charge in [-0.15, -0.1) is 11.3 Å². The van der Waals surface area contributed by atoms with Gasteiger partial charge in [-0.05, 0) is 29.3 Å². The highest BCUT2D eigenvalue weighted by atomic mass is 35.5. The lowest BCUT2D eigenvalue weighted by Gasteiger charge is -2.24. The van der Waals surface area contributed by atoms with Crippen molar-refractivity contribution in [3.05, 3.63) is 50.7 Å². The van der Waals surface area contributed by atoms with Crippen molar-refractivity contribution in [1.82, 2.24) is 5.32 Å². The lowest BCUT2D eigenvalue weighted by Crippen LogP contribution is -2.27. The summed E-state index contributed by atoms with van der Waals surface area (Å²) in [7, 11) is 0. The van der Waals surface area contributed by atoms with E-state index in [-0.39, 0.29) is 5.92 Å². The summed E-state index contributed by atoms with van der Waals surface area (Å²) in [6, 6.07) is 9.51. The number of fused-ring (bicyclic) bond motifs is 1. The largest absolute Gasteiger partial charge is 0.508 e. The topological polar surface area (TPSA) is 32.3 Å². The highest BCUT2D eigenvalue weighted by Crippen LogP contribution is 2.37. The van der Waals surface area contributed by atoms with Crippen LogP contribution in [0.1, 0.15) is 21.9 Å². The molecule has 1 aliphatic heterocycles. The van der Waals surface area contributed by atoms with E-state index < -0.39 is 0 Å². The average Bonchev–Trinajstić information content (AvgIpc) is 2.68. The van der Waals surface area contributed by atoms with E-state index in [1.54, 1.807) is 17.4 Å². The van der Waals surface area contributed by atoms with E-state index in [0.717, 1.165) is 23.0 Å². The van der Waals surface area contributed by atoms with E-state index in [0.29, 0.717) is 5.75 Å². The first-order valence-electron chi connectivity index (χ1n) is 5.52. The number of hydrogen-bond donors (Lipinski definition) is 2. The Morgan fingerprint density at radius 2 is 2.24 bits per heavy atom. The maximum absolute atomic E-state index is 9.55. The number of aromatic hydroxyl groups is 1. The fourth-order valence-corrected chi connectivity index (χ4v) is 3.63. The molecule has 3 rings (SSSR count). The zero-order valence-electron chi connectivity index (χ0n) is 9.11. The first-order chi connectivity index (χ1) is 8.24. The Morgan fingerprint density at radius 3 is 3.06 bits per heavy atom. The van der Waals surface area contributed by atoms with Crippen molar-refractivity contribution in [2.75, 3.05) is 6.54 Å². The van der Waals surface area contributed by atoms with Gasteiger partial charge in [-0.2, -0.15) is 0 Å². The summed E-state index contributed by atoms with van der Waals surface area (Å²) >= 11 is 7.71. The third kappa shape index (κ3) is 2.06. The molecule has 0 unspecified atom stereocenters. The molecule has 88 valence electrons. The molecule has 0 spiro atoms. The highest BCUT2D eigenvalue weighted by Gasteiger charge is 2.23. The molecule has 1 aromatic heterocycles. The highest BCUT2D eigenvalue weighted by molar-refractivity contribution is 7.16. The molecular weight excluding hydrogens is 254 g/mol. The van der Waals surface area contributed by atoms with Crippen molar-refractivity contribution in [3.63, 3.8) is 0 Å². The van der Waals surface area contributed by atoms with Crippen LogP contribution in [0.25, 0.3) is 0 Å². The van der Waals surface area contributed by atoms with Gasteiger partial charge in [0, 0.05) is 23.9 Å². The SMILES string of the molecule is Oc1cccc([C@@H]2CNCc3sc(Cl)cc32)c1. The zero-order valence-corrected chi connectivity index (χ0v) is 10.7. The van der Waals surface area contributed by atoms with Crippen molar-refractivity contribution in [2.24, 2.45) is 0 Å². The first-order valence-corrected chi connectivity index (χ1v) is 6.71. The third-order valence-electron chi connectivity index (χ3n) is 3.09. The number of benzene rings is 1. The number of phenolic OH excluding ortho intramolecular Hbond substituents is 1. The van der Waals surface area contributed by atoms with Crippen LogP contribution in [0.5, 0.6) is 5.75 Å². The summed E-state index contributed by atoms with van der Waals surface area (Å²) < 4.78 is 0.837. The van der Waals surface area contributed by atoms with E-state index in [1.807, 2.05) is 18.2 Å². The van der Waals surface area contributed by atoms with E-state index in [9.17, 15) is 5.11 Å². The Hall–Kier alpha value is -1.03. The Bertz CT molecular complexity index is 552. The molecule has 0 bridgehead atoms. The van der Waals surface area contributed by atoms with Crippen LogP contribution in [-0.2, 0) is 6.54 Å². The van der Waals surface area contributed by atoms with Crippen LogP contribution < -0.4 is 5.32 Å². The number of rotatable bonds is 1. The quantitative estimate of drug-likeness (QED) is 0.829. The van der Waals surface area contributed by atoms with Gasteiger partial charge in [0.25, 0.3) is 0 Å². The van der Waals surface area contributed by atoms with Crippen LogP contribution in [0.2, 0.25) is 4.34 Å². The molecule has 0 saturated heterocycles. The molecule has 1 aromatic carbocycles. The molecule has 4 heteroatoms. The molecule has 0 saturated carbocycles.